The Morgan fingerprint density at radius 1 is 1.35 bits per heavy atom. The smallest absolute Gasteiger partial charge is 0.167 e. The highest BCUT2D eigenvalue weighted by Crippen LogP contribution is 2.28. The number of aryl methyl sites for hydroxylation is 1. The summed E-state index contributed by atoms with van der Waals surface area (Å²) in [6.45, 7) is 5.57. The molecule has 1 aromatic rings. The van der Waals surface area contributed by atoms with Gasteiger partial charge in [0.05, 0.1) is 13.2 Å². The van der Waals surface area contributed by atoms with Crippen LogP contribution in [0.3, 0.4) is 0 Å². The average molecular weight is 235 g/mol. The predicted molar refractivity (Wildman–Crippen MR) is 67.7 cm³/mol. The molecule has 94 valence electrons. The molecule has 1 unspecified atom stereocenters. The molecule has 0 radical (unpaired) electrons. The van der Waals surface area contributed by atoms with Crippen LogP contribution in [0.15, 0.2) is 24.3 Å². The Hall–Kier alpha value is -0.900. The Balaban J connectivity index is 2.03. The summed E-state index contributed by atoms with van der Waals surface area (Å²) in [6, 6.07) is 8.25. The Morgan fingerprint density at radius 2 is 2.06 bits per heavy atom. The van der Waals surface area contributed by atoms with Crippen molar-refractivity contribution in [2.45, 2.75) is 38.5 Å². The zero-order chi connectivity index (χ0) is 12.3. The van der Waals surface area contributed by atoms with Crippen molar-refractivity contribution in [1.82, 2.24) is 0 Å². The molecule has 1 aliphatic rings. The van der Waals surface area contributed by atoms with Gasteiger partial charge in [-0.05, 0) is 25.8 Å². The Labute approximate surface area is 103 Å². The number of benzene rings is 1. The summed E-state index contributed by atoms with van der Waals surface area (Å²) in [7, 11) is 0. The van der Waals surface area contributed by atoms with Crippen LogP contribution < -0.4 is 5.73 Å². The van der Waals surface area contributed by atoms with Crippen molar-refractivity contribution >= 4 is 0 Å². The van der Waals surface area contributed by atoms with Crippen molar-refractivity contribution in [1.29, 1.82) is 0 Å². The van der Waals surface area contributed by atoms with Crippen molar-refractivity contribution < 1.29 is 9.47 Å². The molecule has 1 aromatic carbocycles. The summed E-state index contributed by atoms with van der Waals surface area (Å²) in [5, 5.41) is 0. The molecule has 3 nitrogen and oxygen atoms in total. The maximum absolute atomic E-state index is 6.22. The summed E-state index contributed by atoms with van der Waals surface area (Å²) < 4.78 is 11.4. The summed E-state index contributed by atoms with van der Waals surface area (Å²) in [5.74, 6) is -0.526. The van der Waals surface area contributed by atoms with Gasteiger partial charge >= 0.3 is 0 Å². The number of rotatable bonds is 3. The molecule has 0 aromatic heterocycles. The van der Waals surface area contributed by atoms with E-state index in [4.69, 9.17) is 15.2 Å². The van der Waals surface area contributed by atoms with E-state index >= 15 is 0 Å². The lowest BCUT2D eigenvalue weighted by Crippen LogP contribution is -2.40. The van der Waals surface area contributed by atoms with Gasteiger partial charge in [0.25, 0.3) is 0 Å². The SMILES string of the molecule is Cc1cccc(C(N)CC2(C)OCCCO2)c1. The first-order chi connectivity index (χ1) is 8.09. The van der Waals surface area contributed by atoms with Gasteiger partial charge in [-0.25, -0.2) is 0 Å². The summed E-state index contributed by atoms with van der Waals surface area (Å²) in [6.07, 6.45) is 1.66. The fourth-order valence-electron chi connectivity index (χ4n) is 2.21. The molecule has 1 heterocycles. The third-order valence-corrected chi connectivity index (χ3v) is 3.16. The number of hydrogen-bond acceptors (Lipinski definition) is 3. The van der Waals surface area contributed by atoms with E-state index in [9.17, 15) is 0 Å². The summed E-state index contributed by atoms with van der Waals surface area (Å²) >= 11 is 0. The van der Waals surface area contributed by atoms with Crippen molar-refractivity contribution in [3.8, 4) is 0 Å². The Bertz CT molecular complexity index is 372. The second kappa shape index (κ2) is 5.17. The average Bonchev–Trinajstić information content (AvgIpc) is 2.29. The minimum absolute atomic E-state index is 0.0435. The van der Waals surface area contributed by atoms with Crippen LogP contribution in [0.25, 0.3) is 0 Å². The Kier molecular flexibility index (Phi) is 3.82. The van der Waals surface area contributed by atoms with Gasteiger partial charge in [-0.3, -0.25) is 0 Å². The number of ether oxygens (including phenoxy) is 2. The molecule has 17 heavy (non-hydrogen) atoms. The van der Waals surface area contributed by atoms with Crippen molar-refractivity contribution in [3.05, 3.63) is 35.4 Å². The topological polar surface area (TPSA) is 44.5 Å². The lowest BCUT2D eigenvalue weighted by atomic mass is 9.98. The summed E-state index contributed by atoms with van der Waals surface area (Å²) in [5.41, 5.74) is 8.59. The molecule has 1 atom stereocenters. The van der Waals surface area contributed by atoms with Crippen molar-refractivity contribution in [2.24, 2.45) is 5.73 Å². The normalized spacial score (nSPS) is 21.1. The molecule has 2 N–H and O–H groups in total. The third-order valence-electron chi connectivity index (χ3n) is 3.16. The van der Waals surface area contributed by atoms with Crippen LogP contribution in [-0.4, -0.2) is 19.0 Å². The standard InChI is InChI=1S/C14H21NO2/c1-11-5-3-6-12(9-11)13(15)10-14(2)16-7-4-8-17-14/h3,5-6,9,13H,4,7-8,10,15H2,1-2H3. The van der Waals surface area contributed by atoms with Gasteiger partial charge in [0.1, 0.15) is 0 Å². The molecule has 1 fully saturated rings. The number of hydrogen-bond donors (Lipinski definition) is 1. The third kappa shape index (κ3) is 3.28. The molecule has 0 amide bonds. The molecular formula is C14H21NO2. The first-order valence-corrected chi connectivity index (χ1v) is 6.19. The van der Waals surface area contributed by atoms with Gasteiger partial charge in [-0.2, -0.15) is 0 Å². The van der Waals surface area contributed by atoms with Gasteiger partial charge in [0, 0.05) is 12.5 Å². The first-order valence-electron chi connectivity index (χ1n) is 6.19. The fourth-order valence-corrected chi connectivity index (χ4v) is 2.21. The quantitative estimate of drug-likeness (QED) is 0.875. The predicted octanol–water partition coefficient (Wildman–Crippen LogP) is 2.54. The van der Waals surface area contributed by atoms with E-state index in [1.807, 2.05) is 13.0 Å². The second-order valence-electron chi connectivity index (χ2n) is 4.91. The van der Waals surface area contributed by atoms with Crippen LogP contribution in [0.1, 0.15) is 36.9 Å². The van der Waals surface area contributed by atoms with Crippen molar-refractivity contribution in [2.75, 3.05) is 13.2 Å². The van der Waals surface area contributed by atoms with Gasteiger partial charge < -0.3 is 15.2 Å². The maximum atomic E-state index is 6.22. The van der Waals surface area contributed by atoms with Crippen LogP contribution in [0.2, 0.25) is 0 Å². The molecule has 0 bridgehead atoms. The van der Waals surface area contributed by atoms with Crippen molar-refractivity contribution in [3.63, 3.8) is 0 Å². The largest absolute Gasteiger partial charge is 0.350 e. The van der Waals surface area contributed by atoms with E-state index in [2.05, 4.69) is 25.1 Å². The molecule has 3 heteroatoms. The lowest BCUT2D eigenvalue weighted by molar-refractivity contribution is -0.260. The number of nitrogens with two attached hydrogens (primary N) is 1. The highest BCUT2D eigenvalue weighted by Gasteiger charge is 2.31. The molecule has 0 spiro atoms. The monoisotopic (exact) mass is 235 g/mol. The van der Waals surface area contributed by atoms with Crippen LogP contribution in [0.4, 0.5) is 0 Å². The Morgan fingerprint density at radius 3 is 2.71 bits per heavy atom. The molecule has 0 saturated carbocycles. The zero-order valence-corrected chi connectivity index (χ0v) is 10.6. The zero-order valence-electron chi connectivity index (χ0n) is 10.6. The van der Waals surface area contributed by atoms with E-state index in [1.165, 1.54) is 5.56 Å². The highest BCUT2D eigenvalue weighted by atomic mass is 16.7. The molecular weight excluding hydrogens is 214 g/mol. The van der Waals surface area contributed by atoms with Gasteiger partial charge in [0.2, 0.25) is 0 Å². The lowest BCUT2D eigenvalue weighted by Gasteiger charge is -2.35. The van der Waals surface area contributed by atoms with Gasteiger partial charge in [0.15, 0.2) is 5.79 Å². The van der Waals surface area contributed by atoms with E-state index in [1.54, 1.807) is 0 Å². The van der Waals surface area contributed by atoms with Crippen LogP contribution in [0, 0.1) is 6.92 Å². The van der Waals surface area contributed by atoms with E-state index in [0.29, 0.717) is 6.42 Å². The van der Waals surface area contributed by atoms with E-state index < -0.39 is 5.79 Å². The van der Waals surface area contributed by atoms with Gasteiger partial charge in [-0.1, -0.05) is 29.8 Å². The molecule has 0 aliphatic carbocycles. The van der Waals surface area contributed by atoms with Crippen LogP contribution in [0.5, 0.6) is 0 Å². The van der Waals surface area contributed by atoms with E-state index in [0.717, 1.165) is 25.2 Å². The van der Waals surface area contributed by atoms with E-state index in [-0.39, 0.29) is 6.04 Å². The van der Waals surface area contributed by atoms with Crippen LogP contribution in [-0.2, 0) is 9.47 Å². The molecule has 1 aliphatic heterocycles. The summed E-state index contributed by atoms with van der Waals surface area (Å²) in [4.78, 5) is 0. The van der Waals surface area contributed by atoms with Crippen LogP contribution >= 0.6 is 0 Å². The molecule has 1 saturated heterocycles. The minimum Gasteiger partial charge on any atom is -0.350 e. The molecule has 2 rings (SSSR count). The minimum atomic E-state index is -0.526. The first kappa shape index (κ1) is 12.6. The van der Waals surface area contributed by atoms with Gasteiger partial charge in [-0.15, -0.1) is 0 Å². The highest BCUT2D eigenvalue weighted by molar-refractivity contribution is 5.24. The fraction of sp³-hybridized carbons (Fsp3) is 0.571. The maximum Gasteiger partial charge on any atom is 0.167 e. The second-order valence-corrected chi connectivity index (χ2v) is 4.91.